The second kappa shape index (κ2) is 6.06. The van der Waals surface area contributed by atoms with E-state index in [1.54, 1.807) is 0 Å². The first-order valence-electron chi connectivity index (χ1n) is 7.90. The highest BCUT2D eigenvalue weighted by Crippen LogP contribution is 2.47. The molecule has 0 spiro atoms. The van der Waals surface area contributed by atoms with Crippen LogP contribution in [-0.2, 0) is 13.1 Å². The SMILES string of the molecule is Cc1nccn1CC(C)CNCc1ccc(C2CC2C)o1. The van der Waals surface area contributed by atoms with Gasteiger partial charge in [0.2, 0.25) is 0 Å². The van der Waals surface area contributed by atoms with Crippen LogP contribution in [0.25, 0.3) is 0 Å². The Morgan fingerprint density at radius 1 is 1.48 bits per heavy atom. The van der Waals surface area contributed by atoms with Crippen LogP contribution >= 0.6 is 0 Å². The molecule has 4 heteroatoms. The summed E-state index contributed by atoms with van der Waals surface area (Å²) in [6, 6.07) is 4.25. The van der Waals surface area contributed by atoms with Crippen LogP contribution in [0, 0.1) is 18.8 Å². The van der Waals surface area contributed by atoms with Gasteiger partial charge >= 0.3 is 0 Å². The van der Waals surface area contributed by atoms with Gasteiger partial charge in [-0.3, -0.25) is 0 Å². The molecule has 4 nitrogen and oxygen atoms in total. The third kappa shape index (κ3) is 3.56. The third-order valence-corrected chi connectivity index (χ3v) is 4.38. The molecule has 3 unspecified atom stereocenters. The van der Waals surface area contributed by atoms with Crippen molar-refractivity contribution in [2.24, 2.45) is 11.8 Å². The number of hydrogen-bond donors (Lipinski definition) is 1. The number of hydrogen-bond acceptors (Lipinski definition) is 3. The molecule has 0 aromatic carbocycles. The van der Waals surface area contributed by atoms with Crippen molar-refractivity contribution < 1.29 is 4.42 Å². The molecule has 21 heavy (non-hydrogen) atoms. The zero-order valence-electron chi connectivity index (χ0n) is 13.2. The molecule has 114 valence electrons. The molecule has 1 saturated carbocycles. The van der Waals surface area contributed by atoms with Gasteiger partial charge in [0.15, 0.2) is 0 Å². The van der Waals surface area contributed by atoms with Gasteiger partial charge in [0.05, 0.1) is 6.54 Å². The standard InChI is InChI=1S/C17H25N3O/c1-12(11-20-7-6-19-14(20)3)9-18-10-15-4-5-17(21-15)16-8-13(16)2/h4-7,12-13,16,18H,8-11H2,1-3H3. The van der Waals surface area contributed by atoms with Gasteiger partial charge in [0.25, 0.3) is 0 Å². The Morgan fingerprint density at radius 2 is 2.29 bits per heavy atom. The molecule has 1 aliphatic carbocycles. The van der Waals surface area contributed by atoms with Crippen LogP contribution in [0.3, 0.4) is 0 Å². The third-order valence-electron chi connectivity index (χ3n) is 4.38. The fourth-order valence-electron chi connectivity index (χ4n) is 2.85. The molecule has 0 amide bonds. The van der Waals surface area contributed by atoms with E-state index in [1.807, 2.05) is 19.3 Å². The van der Waals surface area contributed by atoms with E-state index in [0.717, 1.165) is 37.1 Å². The van der Waals surface area contributed by atoms with Crippen molar-refractivity contribution in [3.05, 3.63) is 41.9 Å². The Morgan fingerprint density at radius 3 is 2.95 bits per heavy atom. The second-order valence-electron chi connectivity index (χ2n) is 6.49. The van der Waals surface area contributed by atoms with Crippen molar-refractivity contribution in [1.29, 1.82) is 0 Å². The molecule has 3 atom stereocenters. The molecule has 1 aliphatic rings. The predicted molar refractivity (Wildman–Crippen MR) is 83.1 cm³/mol. The van der Waals surface area contributed by atoms with Crippen LogP contribution < -0.4 is 5.32 Å². The minimum absolute atomic E-state index is 0.566. The fourth-order valence-corrected chi connectivity index (χ4v) is 2.85. The van der Waals surface area contributed by atoms with Crippen LogP contribution in [0.2, 0.25) is 0 Å². The van der Waals surface area contributed by atoms with E-state index < -0.39 is 0 Å². The maximum absolute atomic E-state index is 5.91. The molecule has 0 radical (unpaired) electrons. The second-order valence-corrected chi connectivity index (χ2v) is 6.49. The minimum atomic E-state index is 0.566. The summed E-state index contributed by atoms with van der Waals surface area (Å²) in [5.74, 6) is 5.33. The van der Waals surface area contributed by atoms with Crippen molar-refractivity contribution >= 4 is 0 Å². The average Bonchev–Trinajstić information content (AvgIpc) is 2.85. The molecular weight excluding hydrogens is 262 g/mol. The number of aryl methyl sites for hydroxylation is 1. The van der Waals surface area contributed by atoms with Gasteiger partial charge in [0, 0.05) is 24.9 Å². The highest BCUT2D eigenvalue weighted by Gasteiger charge is 2.36. The monoisotopic (exact) mass is 287 g/mol. The topological polar surface area (TPSA) is 43.0 Å². The number of nitrogens with zero attached hydrogens (tertiary/aromatic N) is 2. The maximum Gasteiger partial charge on any atom is 0.117 e. The molecule has 2 aromatic heterocycles. The number of nitrogens with one attached hydrogen (secondary N) is 1. The quantitative estimate of drug-likeness (QED) is 0.849. The largest absolute Gasteiger partial charge is 0.464 e. The lowest BCUT2D eigenvalue weighted by atomic mass is 10.2. The highest BCUT2D eigenvalue weighted by atomic mass is 16.3. The van der Waals surface area contributed by atoms with Crippen LogP contribution in [-0.4, -0.2) is 16.1 Å². The smallest absolute Gasteiger partial charge is 0.117 e. The Labute approximate surface area is 126 Å². The van der Waals surface area contributed by atoms with Crippen LogP contribution in [0.4, 0.5) is 0 Å². The van der Waals surface area contributed by atoms with E-state index in [-0.39, 0.29) is 0 Å². The van der Waals surface area contributed by atoms with Crippen LogP contribution in [0.1, 0.15) is 43.5 Å². The molecular formula is C17H25N3O. The lowest BCUT2D eigenvalue weighted by Crippen LogP contribution is -2.23. The average molecular weight is 287 g/mol. The van der Waals surface area contributed by atoms with E-state index in [4.69, 9.17) is 4.42 Å². The summed E-state index contributed by atoms with van der Waals surface area (Å²) in [5.41, 5.74) is 0. The molecule has 0 aliphatic heterocycles. The number of aromatic nitrogens is 2. The lowest BCUT2D eigenvalue weighted by Gasteiger charge is -2.13. The van der Waals surface area contributed by atoms with Gasteiger partial charge in [-0.25, -0.2) is 4.98 Å². The first kappa shape index (κ1) is 14.4. The molecule has 3 rings (SSSR count). The van der Waals surface area contributed by atoms with Gasteiger partial charge in [-0.05, 0) is 43.9 Å². The number of imidazole rings is 1. The van der Waals surface area contributed by atoms with Gasteiger partial charge in [-0.15, -0.1) is 0 Å². The van der Waals surface area contributed by atoms with Gasteiger partial charge in [0.1, 0.15) is 17.3 Å². The van der Waals surface area contributed by atoms with E-state index >= 15 is 0 Å². The normalized spacial score (nSPS) is 22.4. The Kier molecular flexibility index (Phi) is 4.15. The molecule has 2 heterocycles. The van der Waals surface area contributed by atoms with E-state index in [0.29, 0.717) is 11.8 Å². The molecule has 0 bridgehead atoms. The first-order chi connectivity index (χ1) is 10.1. The molecule has 2 aromatic rings. The van der Waals surface area contributed by atoms with Crippen molar-refractivity contribution in [3.63, 3.8) is 0 Å². The molecule has 1 N–H and O–H groups in total. The summed E-state index contributed by atoms with van der Waals surface area (Å²) >= 11 is 0. The number of rotatable bonds is 7. The molecule has 0 saturated heterocycles. The fraction of sp³-hybridized carbons (Fsp3) is 0.588. The summed E-state index contributed by atoms with van der Waals surface area (Å²) in [7, 11) is 0. The summed E-state index contributed by atoms with van der Waals surface area (Å²) in [5, 5.41) is 3.49. The summed E-state index contributed by atoms with van der Waals surface area (Å²) in [6.45, 7) is 9.38. The van der Waals surface area contributed by atoms with Gasteiger partial charge < -0.3 is 14.3 Å². The van der Waals surface area contributed by atoms with Crippen molar-refractivity contribution in [1.82, 2.24) is 14.9 Å². The summed E-state index contributed by atoms with van der Waals surface area (Å²) in [6.07, 6.45) is 5.18. The first-order valence-corrected chi connectivity index (χ1v) is 7.90. The minimum Gasteiger partial charge on any atom is -0.464 e. The predicted octanol–water partition coefficient (Wildman–Crippen LogP) is 3.33. The van der Waals surface area contributed by atoms with Crippen molar-refractivity contribution in [2.45, 2.75) is 46.2 Å². The van der Waals surface area contributed by atoms with Gasteiger partial charge in [-0.1, -0.05) is 13.8 Å². The zero-order chi connectivity index (χ0) is 14.8. The summed E-state index contributed by atoms with van der Waals surface area (Å²) < 4.78 is 8.11. The Bertz CT molecular complexity index is 586. The highest BCUT2D eigenvalue weighted by molar-refractivity contribution is 5.17. The zero-order valence-corrected chi connectivity index (χ0v) is 13.2. The Balaban J connectivity index is 1.41. The van der Waals surface area contributed by atoms with E-state index in [1.165, 1.54) is 12.2 Å². The maximum atomic E-state index is 5.91. The Hall–Kier alpha value is -1.55. The van der Waals surface area contributed by atoms with Crippen molar-refractivity contribution in [2.75, 3.05) is 6.54 Å². The molecule has 1 fully saturated rings. The van der Waals surface area contributed by atoms with E-state index in [2.05, 4.69) is 40.8 Å². The van der Waals surface area contributed by atoms with Crippen molar-refractivity contribution in [3.8, 4) is 0 Å². The van der Waals surface area contributed by atoms with Crippen LogP contribution in [0.5, 0.6) is 0 Å². The summed E-state index contributed by atoms with van der Waals surface area (Å²) in [4.78, 5) is 4.26. The lowest BCUT2D eigenvalue weighted by molar-refractivity contribution is 0.407. The van der Waals surface area contributed by atoms with Gasteiger partial charge in [-0.2, -0.15) is 0 Å². The van der Waals surface area contributed by atoms with Crippen LogP contribution in [0.15, 0.2) is 28.9 Å². The van der Waals surface area contributed by atoms with E-state index in [9.17, 15) is 0 Å². The number of furan rings is 1.